The van der Waals surface area contributed by atoms with Gasteiger partial charge in [0.1, 0.15) is 15.7 Å². The van der Waals surface area contributed by atoms with Gasteiger partial charge in [-0.25, -0.2) is 12.8 Å². The van der Waals surface area contributed by atoms with Crippen molar-refractivity contribution in [2.24, 2.45) is 0 Å². The fourth-order valence-corrected chi connectivity index (χ4v) is 1.83. The van der Waals surface area contributed by atoms with Crippen molar-refractivity contribution in [1.82, 2.24) is 0 Å². The lowest BCUT2D eigenvalue weighted by Gasteiger charge is -2.06. The first-order valence-corrected chi connectivity index (χ1v) is 6.71. The van der Waals surface area contributed by atoms with Gasteiger partial charge in [0, 0.05) is 12.8 Å². The third kappa shape index (κ3) is 4.78. The van der Waals surface area contributed by atoms with Gasteiger partial charge in [0.2, 0.25) is 0 Å². The normalized spacial score (nSPS) is 11.3. The topological polar surface area (TPSA) is 46.2 Å². The van der Waals surface area contributed by atoms with Crippen molar-refractivity contribution >= 4 is 15.5 Å². The molecule has 0 aliphatic carbocycles. The predicted molar refractivity (Wildman–Crippen MR) is 59.2 cm³/mol. The van der Waals surface area contributed by atoms with Crippen LogP contribution in [0.4, 0.5) is 10.1 Å². The molecule has 1 aromatic carbocycles. The van der Waals surface area contributed by atoms with E-state index in [4.69, 9.17) is 0 Å². The van der Waals surface area contributed by atoms with Gasteiger partial charge in [0.15, 0.2) is 0 Å². The lowest BCUT2D eigenvalue weighted by molar-refractivity contribution is 0.599. The van der Waals surface area contributed by atoms with Crippen molar-refractivity contribution in [3.8, 4) is 0 Å². The van der Waals surface area contributed by atoms with Crippen LogP contribution in [0.15, 0.2) is 24.3 Å². The van der Waals surface area contributed by atoms with Crippen molar-refractivity contribution in [2.45, 2.75) is 6.42 Å². The molecule has 0 bridgehead atoms. The highest BCUT2D eigenvalue weighted by Crippen LogP contribution is 2.11. The van der Waals surface area contributed by atoms with Crippen molar-refractivity contribution in [2.75, 3.05) is 23.9 Å². The zero-order valence-electron chi connectivity index (χ0n) is 8.53. The highest BCUT2D eigenvalue weighted by Gasteiger charge is 2.02. The molecule has 0 aromatic heterocycles. The monoisotopic (exact) mass is 231 g/mol. The quantitative estimate of drug-likeness (QED) is 0.784. The maximum Gasteiger partial charge on any atom is 0.147 e. The summed E-state index contributed by atoms with van der Waals surface area (Å²) in [5.74, 6) is -0.203. The van der Waals surface area contributed by atoms with E-state index < -0.39 is 9.84 Å². The molecule has 0 saturated heterocycles. The SMILES string of the molecule is CS(=O)(=O)CCCNc1ccccc1F. The van der Waals surface area contributed by atoms with E-state index >= 15 is 0 Å². The molecular formula is C10H14FNO2S. The van der Waals surface area contributed by atoms with Crippen LogP contribution in [0.2, 0.25) is 0 Å². The van der Waals surface area contributed by atoms with Crippen molar-refractivity contribution in [1.29, 1.82) is 0 Å². The van der Waals surface area contributed by atoms with Crippen LogP contribution in [0.3, 0.4) is 0 Å². The standard InChI is InChI=1S/C10H14FNO2S/c1-15(13,14)8-4-7-12-10-6-3-2-5-9(10)11/h2-3,5-6,12H,4,7-8H2,1H3. The van der Waals surface area contributed by atoms with Gasteiger partial charge >= 0.3 is 0 Å². The molecule has 0 heterocycles. The van der Waals surface area contributed by atoms with Gasteiger partial charge in [-0.3, -0.25) is 0 Å². The van der Waals surface area contributed by atoms with Gasteiger partial charge in [-0.2, -0.15) is 0 Å². The Balaban J connectivity index is 2.36. The average molecular weight is 231 g/mol. The summed E-state index contributed by atoms with van der Waals surface area (Å²) in [5.41, 5.74) is 0.408. The second-order valence-electron chi connectivity index (χ2n) is 3.39. The molecule has 0 spiro atoms. The Morgan fingerprint density at radius 3 is 2.60 bits per heavy atom. The number of hydrogen-bond donors (Lipinski definition) is 1. The second kappa shape index (κ2) is 5.11. The number of anilines is 1. The van der Waals surface area contributed by atoms with Crippen LogP contribution in [0.5, 0.6) is 0 Å². The van der Waals surface area contributed by atoms with Gasteiger partial charge in [0.05, 0.1) is 11.4 Å². The summed E-state index contributed by atoms with van der Waals surface area (Å²) in [4.78, 5) is 0. The Hall–Kier alpha value is -1.10. The summed E-state index contributed by atoms with van der Waals surface area (Å²) in [5, 5.41) is 2.85. The van der Waals surface area contributed by atoms with E-state index in [2.05, 4.69) is 5.32 Å². The number of sulfone groups is 1. The zero-order chi connectivity index (χ0) is 11.3. The van der Waals surface area contributed by atoms with E-state index in [0.717, 1.165) is 0 Å². The Morgan fingerprint density at radius 2 is 2.00 bits per heavy atom. The third-order valence-corrected chi connectivity index (χ3v) is 2.91. The minimum Gasteiger partial charge on any atom is -0.383 e. The first kappa shape index (κ1) is 12.0. The van der Waals surface area contributed by atoms with Crippen LogP contribution in [-0.2, 0) is 9.84 Å². The summed E-state index contributed by atoms with van der Waals surface area (Å²) in [6.07, 6.45) is 1.67. The first-order valence-electron chi connectivity index (χ1n) is 4.65. The molecule has 84 valence electrons. The second-order valence-corrected chi connectivity index (χ2v) is 5.65. The Kier molecular flexibility index (Phi) is 4.08. The number of hydrogen-bond acceptors (Lipinski definition) is 3. The Labute approximate surface area is 89.2 Å². The molecule has 5 heteroatoms. The van der Waals surface area contributed by atoms with Crippen LogP contribution in [0.25, 0.3) is 0 Å². The summed E-state index contributed by atoms with van der Waals surface area (Å²) in [6.45, 7) is 0.452. The summed E-state index contributed by atoms with van der Waals surface area (Å²) < 4.78 is 34.7. The molecular weight excluding hydrogens is 217 g/mol. The maximum absolute atomic E-state index is 13.1. The van der Waals surface area contributed by atoms with E-state index in [9.17, 15) is 12.8 Å². The lowest BCUT2D eigenvalue weighted by Crippen LogP contribution is -2.10. The molecule has 0 unspecified atom stereocenters. The highest BCUT2D eigenvalue weighted by molar-refractivity contribution is 7.90. The van der Waals surface area contributed by atoms with Crippen molar-refractivity contribution < 1.29 is 12.8 Å². The van der Waals surface area contributed by atoms with Crippen molar-refractivity contribution in [3.63, 3.8) is 0 Å². The molecule has 1 aromatic rings. The summed E-state index contributed by atoms with van der Waals surface area (Å²) in [7, 11) is -2.92. The summed E-state index contributed by atoms with van der Waals surface area (Å²) >= 11 is 0. The smallest absolute Gasteiger partial charge is 0.147 e. The number of halogens is 1. The minimum atomic E-state index is -2.92. The molecule has 15 heavy (non-hydrogen) atoms. The molecule has 1 rings (SSSR count). The molecule has 0 saturated carbocycles. The molecule has 0 amide bonds. The molecule has 0 atom stereocenters. The van der Waals surface area contributed by atoms with Crippen LogP contribution in [0.1, 0.15) is 6.42 Å². The van der Waals surface area contributed by atoms with Gasteiger partial charge in [-0.1, -0.05) is 12.1 Å². The van der Waals surface area contributed by atoms with Crippen molar-refractivity contribution in [3.05, 3.63) is 30.1 Å². The minimum absolute atomic E-state index is 0.119. The van der Waals surface area contributed by atoms with Crippen LogP contribution >= 0.6 is 0 Å². The fourth-order valence-electron chi connectivity index (χ4n) is 1.16. The van der Waals surface area contributed by atoms with Crippen LogP contribution in [-0.4, -0.2) is 27.0 Å². The van der Waals surface area contributed by atoms with E-state index in [1.54, 1.807) is 18.2 Å². The maximum atomic E-state index is 13.1. The molecule has 3 nitrogen and oxygen atoms in total. The highest BCUT2D eigenvalue weighted by atomic mass is 32.2. The van der Waals surface area contributed by atoms with Gasteiger partial charge in [-0.05, 0) is 18.6 Å². The molecule has 0 fully saturated rings. The molecule has 0 aliphatic heterocycles. The van der Waals surface area contributed by atoms with E-state index in [-0.39, 0.29) is 11.6 Å². The summed E-state index contributed by atoms with van der Waals surface area (Å²) in [6, 6.07) is 6.31. The first-order chi connectivity index (χ1) is 6.99. The van der Waals surface area contributed by atoms with E-state index in [1.807, 2.05) is 0 Å². The number of nitrogens with one attached hydrogen (secondary N) is 1. The van der Waals surface area contributed by atoms with Crippen LogP contribution in [0, 0.1) is 5.82 Å². The van der Waals surface area contributed by atoms with E-state index in [0.29, 0.717) is 18.7 Å². The largest absolute Gasteiger partial charge is 0.383 e. The molecule has 0 aliphatic rings. The van der Waals surface area contributed by atoms with E-state index in [1.165, 1.54) is 12.3 Å². The Bertz CT molecular complexity index is 417. The third-order valence-electron chi connectivity index (χ3n) is 1.88. The zero-order valence-corrected chi connectivity index (χ0v) is 9.35. The lowest BCUT2D eigenvalue weighted by atomic mass is 10.3. The number of benzene rings is 1. The van der Waals surface area contributed by atoms with Gasteiger partial charge < -0.3 is 5.32 Å². The number of para-hydroxylation sites is 1. The number of rotatable bonds is 5. The molecule has 1 N–H and O–H groups in total. The fraction of sp³-hybridized carbons (Fsp3) is 0.400. The average Bonchev–Trinajstić information content (AvgIpc) is 2.13. The van der Waals surface area contributed by atoms with Gasteiger partial charge in [0.25, 0.3) is 0 Å². The Morgan fingerprint density at radius 1 is 1.33 bits per heavy atom. The van der Waals surface area contributed by atoms with Crippen LogP contribution < -0.4 is 5.32 Å². The predicted octanol–water partition coefficient (Wildman–Crippen LogP) is 1.67. The van der Waals surface area contributed by atoms with Gasteiger partial charge in [-0.15, -0.1) is 0 Å². The molecule has 0 radical (unpaired) electrons.